The summed E-state index contributed by atoms with van der Waals surface area (Å²) in [5.41, 5.74) is 5.51. The molecule has 1 saturated carbocycles. The molecule has 1 aromatic carbocycles. The standard InChI is InChI=1S/C20H18F2N4OS/c1-20(16(10-3-4-10)18(27)26(2)19(24)25-20)15-8-13(17(22)28-15)11-5-6-14(21)12(7-11)9-23/h5-8,10,16H,3-4H2,1-2H3,(H2,24,25). The first-order chi connectivity index (χ1) is 13.3. The maximum absolute atomic E-state index is 14.8. The third-order valence-electron chi connectivity index (χ3n) is 5.57. The van der Waals surface area contributed by atoms with E-state index in [1.54, 1.807) is 19.2 Å². The monoisotopic (exact) mass is 400 g/mol. The van der Waals surface area contributed by atoms with Crippen molar-refractivity contribution in [3.8, 4) is 17.2 Å². The molecule has 1 fully saturated rings. The minimum absolute atomic E-state index is 0.105. The Balaban J connectivity index is 1.83. The highest BCUT2D eigenvalue weighted by Crippen LogP contribution is 2.52. The van der Waals surface area contributed by atoms with Crippen LogP contribution >= 0.6 is 11.3 Å². The van der Waals surface area contributed by atoms with E-state index in [9.17, 15) is 13.6 Å². The summed E-state index contributed by atoms with van der Waals surface area (Å²) < 4.78 is 28.5. The molecule has 1 aromatic heterocycles. The van der Waals surface area contributed by atoms with Gasteiger partial charge in [-0.3, -0.25) is 9.69 Å². The fraction of sp³-hybridized carbons (Fsp3) is 0.350. The number of carbonyl (C=O) groups is 1. The van der Waals surface area contributed by atoms with Crippen LogP contribution in [0.4, 0.5) is 8.78 Å². The van der Waals surface area contributed by atoms with Crippen molar-refractivity contribution in [3.63, 3.8) is 0 Å². The molecular formula is C20H18F2N4OS. The number of aliphatic imine (C=N–C) groups is 1. The van der Waals surface area contributed by atoms with Crippen LogP contribution in [0.5, 0.6) is 0 Å². The molecule has 2 aromatic rings. The summed E-state index contributed by atoms with van der Waals surface area (Å²) in [4.78, 5) is 19.4. The number of rotatable bonds is 3. The first-order valence-corrected chi connectivity index (χ1v) is 9.70. The Morgan fingerprint density at radius 2 is 2.07 bits per heavy atom. The molecule has 2 N–H and O–H groups in total. The zero-order valence-electron chi connectivity index (χ0n) is 15.4. The highest BCUT2D eigenvalue weighted by atomic mass is 32.1. The Morgan fingerprint density at radius 3 is 2.71 bits per heavy atom. The van der Waals surface area contributed by atoms with Crippen LogP contribution in [0.25, 0.3) is 11.1 Å². The molecule has 0 bridgehead atoms. The number of halogens is 2. The van der Waals surface area contributed by atoms with E-state index >= 15 is 0 Å². The molecular weight excluding hydrogens is 382 g/mol. The molecule has 0 saturated heterocycles. The fourth-order valence-electron chi connectivity index (χ4n) is 3.84. The van der Waals surface area contributed by atoms with Gasteiger partial charge in [-0.1, -0.05) is 6.07 Å². The number of nitriles is 1. The second-order valence-corrected chi connectivity index (χ2v) is 8.44. The van der Waals surface area contributed by atoms with Gasteiger partial charge in [0, 0.05) is 17.5 Å². The van der Waals surface area contributed by atoms with E-state index < -0.39 is 22.4 Å². The molecule has 0 spiro atoms. The molecule has 2 atom stereocenters. The maximum Gasteiger partial charge on any atom is 0.235 e. The Kier molecular flexibility index (Phi) is 4.23. The molecule has 2 aliphatic rings. The normalized spacial score (nSPS) is 24.8. The van der Waals surface area contributed by atoms with Gasteiger partial charge < -0.3 is 5.73 Å². The number of nitrogens with two attached hydrogens (primary N) is 1. The van der Waals surface area contributed by atoms with Gasteiger partial charge >= 0.3 is 0 Å². The Bertz CT molecular complexity index is 1050. The van der Waals surface area contributed by atoms with Crippen LogP contribution in [0.2, 0.25) is 0 Å². The van der Waals surface area contributed by atoms with Crippen molar-refractivity contribution in [2.75, 3.05) is 7.05 Å². The summed E-state index contributed by atoms with van der Waals surface area (Å²) in [6.45, 7) is 1.81. The first kappa shape index (κ1) is 18.6. The third-order valence-corrected chi connectivity index (χ3v) is 6.72. The van der Waals surface area contributed by atoms with E-state index in [2.05, 4.69) is 4.99 Å². The number of hydrogen-bond donors (Lipinski definition) is 1. The molecule has 144 valence electrons. The number of hydrogen-bond acceptors (Lipinski definition) is 5. The third kappa shape index (κ3) is 2.78. The molecule has 28 heavy (non-hydrogen) atoms. The van der Waals surface area contributed by atoms with Crippen LogP contribution in [0.1, 0.15) is 30.2 Å². The van der Waals surface area contributed by atoms with Gasteiger partial charge in [0.2, 0.25) is 5.91 Å². The smallest absolute Gasteiger partial charge is 0.235 e. The average Bonchev–Trinajstić information content (AvgIpc) is 3.40. The number of amides is 1. The van der Waals surface area contributed by atoms with Crippen molar-refractivity contribution in [2.24, 2.45) is 22.6 Å². The van der Waals surface area contributed by atoms with Gasteiger partial charge in [0.25, 0.3) is 0 Å². The second-order valence-electron chi connectivity index (χ2n) is 7.43. The van der Waals surface area contributed by atoms with E-state index in [4.69, 9.17) is 11.0 Å². The van der Waals surface area contributed by atoms with Crippen LogP contribution in [-0.4, -0.2) is 23.8 Å². The molecule has 2 unspecified atom stereocenters. The van der Waals surface area contributed by atoms with Crippen molar-refractivity contribution >= 4 is 23.2 Å². The van der Waals surface area contributed by atoms with E-state index in [1.165, 1.54) is 17.0 Å². The summed E-state index contributed by atoms with van der Waals surface area (Å²) in [6, 6.07) is 7.31. The quantitative estimate of drug-likeness (QED) is 0.855. The lowest BCUT2D eigenvalue weighted by Crippen LogP contribution is -2.54. The summed E-state index contributed by atoms with van der Waals surface area (Å²) in [7, 11) is 1.60. The van der Waals surface area contributed by atoms with Gasteiger partial charge in [0.1, 0.15) is 17.4 Å². The predicted molar refractivity (Wildman–Crippen MR) is 102 cm³/mol. The predicted octanol–water partition coefficient (Wildman–Crippen LogP) is 3.59. The van der Waals surface area contributed by atoms with Crippen LogP contribution < -0.4 is 5.73 Å². The Morgan fingerprint density at radius 1 is 1.36 bits per heavy atom. The zero-order chi connectivity index (χ0) is 20.2. The zero-order valence-corrected chi connectivity index (χ0v) is 16.2. The minimum Gasteiger partial charge on any atom is -0.369 e. The van der Waals surface area contributed by atoms with Crippen LogP contribution in [0.3, 0.4) is 0 Å². The number of carbonyl (C=O) groups excluding carboxylic acids is 1. The lowest BCUT2D eigenvalue weighted by Gasteiger charge is -2.40. The van der Waals surface area contributed by atoms with Crippen LogP contribution in [-0.2, 0) is 10.3 Å². The van der Waals surface area contributed by atoms with Crippen LogP contribution in [0.15, 0.2) is 29.3 Å². The SMILES string of the molecule is CN1C(=O)C(C2CC2)C(C)(c2cc(-c3ccc(F)c(C#N)c3)c(F)s2)N=C1N. The van der Waals surface area contributed by atoms with Crippen molar-refractivity contribution < 1.29 is 13.6 Å². The largest absolute Gasteiger partial charge is 0.369 e. The van der Waals surface area contributed by atoms with E-state index in [1.807, 2.05) is 6.92 Å². The lowest BCUT2D eigenvalue weighted by molar-refractivity contribution is -0.134. The summed E-state index contributed by atoms with van der Waals surface area (Å²) in [5, 5.41) is 8.57. The van der Waals surface area contributed by atoms with Crippen molar-refractivity contribution in [1.29, 1.82) is 5.26 Å². The van der Waals surface area contributed by atoms with Crippen molar-refractivity contribution in [3.05, 3.63) is 45.7 Å². The molecule has 5 nitrogen and oxygen atoms in total. The van der Waals surface area contributed by atoms with Gasteiger partial charge in [0.15, 0.2) is 11.1 Å². The Hall–Kier alpha value is -2.79. The van der Waals surface area contributed by atoms with Gasteiger partial charge in [-0.2, -0.15) is 9.65 Å². The topological polar surface area (TPSA) is 82.5 Å². The number of nitrogens with zero attached hydrogens (tertiary/aromatic N) is 3. The number of benzene rings is 1. The van der Waals surface area contributed by atoms with Gasteiger partial charge in [0.05, 0.1) is 11.5 Å². The van der Waals surface area contributed by atoms with Crippen molar-refractivity contribution in [2.45, 2.75) is 25.3 Å². The number of guanidine groups is 1. The molecule has 1 aliphatic heterocycles. The van der Waals surface area contributed by atoms with E-state index in [0.29, 0.717) is 10.4 Å². The minimum atomic E-state index is -0.962. The summed E-state index contributed by atoms with van der Waals surface area (Å²) in [5.74, 6) is -0.865. The molecule has 2 heterocycles. The first-order valence-electron chi connectivity index (χ1n) is 8.89. The molecule has 0 radical (unpaired) electrons. The number of thiophene rings is 1. The lowest BCUT2D eigenvalue weighted by atomic mass is 9.78. The average molecular weight is 400 g/mol. The molecule has 4 rings (SSSR count). The van der Waals surface area contributed by atoms with Gasteiger partial charge in [-0.25, -0.2) is 9.38 Å². The highest BCUT2D eigenvalue weighted by Gasteiger charge is 2.53. The molecule has 1 amide bonds. The van der Waals surface area contributed by atoms with Gasteiger partial charge in [-0.15, -0.1) is 11.3 Å². The molecule has 8 heteroatoms. The Labute approximate surface area is 165 Å². The summed E-state index contributed by atoms with van der Waals surface area (Å²) in [6.07, 6.45) is 1.86. The van der Waals surface area contributed by atoms with Crippen molar-refractivity contribution in [1.82, 2.24) is 4.90 Å². The van der Waals surface area contributed by atoms with Gasteiger partial charge in [-0.05, 0) is 49.4 Å². The second kappa shape index (κ2) is 6.38. The fourth-order valence-corrected chi connectivity index (χ4v) is 4.87. The van der Waals surface area contributed by atoms with E-state index in [-0.39, 0.29) is 28.9 Å². The van der Waals surface area contributed by atoms with Crippen LogP contribution in [0, 0.1) is 34.1 Å². The van der Waals surface area contributed by atoms with E-state index in [0.717, 1.165) is 30.2 Å². The molecule has 1 aliphatic carbocycles. The maximum atomic E-state index is 14.8. The highest BCUT2D eigenvalue weighted by molar-refractivity contribution is 7.11. The summed E-state index contributed by atoms with van der Waals surface area (Å²) >= 11 is 0.910.